The highest BCUT2D eigenvalue weighted by Gasteiger charge is 2.20. The number of terminal acetylenes is 1. The van der Waals surface area contributed by atoms with E-state index in [2.05, 4.69) is 5.92 Å². The smallest absolute Gasteiger partial charge is 0.337 e. The molecule has 0 heterocycles. The van der Waals surface area contributed by atoms with Gasteiger partial charge in [-0.15, -0.1) is 6.42 Å². The van der Waals surface area contributed by atoms with Crippen molar-refractivity contribution in [1.82, 2.24) is 0 Å². The first kappa shape index (κ1) is 12.9. The van der Waals surface area contributed by atoms with E-state index in [-0.39, 0.29) is 12.4 Å². The number of benzene rings is 1. The molecule has 1 aromatic carbocycles. The monoisotopic (exact) mass is 232 g/mol. The fourth-order valence-electron chi connectivity index (χ4n) is 1.33. The Morgan fingerprint density at radius 2 is 2.00 bits per heavy atom. The van der Waals surface area contributed by atoms with Crippen LogP contribution in [0, 0.1) is 12.3 Å². The Morgan fingerprint density at radius 1 is 1.41 bits per heavy atom. The summed E-state index contributed by atoms with van der Waals surface area (Å²) in [6.45, 7) is 1.37. The molecule has 0 aliphatic rings. The molecule has 0 fully saturated rings. The van der Waals surface area contributed by atoms with Crippen LogP contribution in [0.2, 0.25) is 0 Å². The summed E-state index contributed by atoms with van der Waals surface area (Å²) in [4.78, 5) is 22.0. The van der Waals surface area contributed by atoms with Crippen LogP contribution in [0.5, 0.6) is 0 Å². The molecule has 1 atom stereocenters. The minimum absolute atomic E-state index is 0.0760. The molecule has 1 rings (SSSR count). The second-order valence-electron chi connectivity index (χ2n) is 3.41. The third kappa shape index (κ3) is 3.44. The van der Waals surface area contributed by atoms with Gasteiger partial charge in [-0.2, -0.15) is 0 Å². The van der Waals surface area contributed by atoms with E-state index in [0.717, 1.165) is 0 Å². The zero-order valence-corrected chi connectivity index (χ0v) is 9.34. The predicted octanol–water partition coefficient (Wildman–Crippen LogP) is 1.66. The van der Waals surface area contributed by atoms with E-state index in [1.54, 1.807) is 24.3 Å². The second-order valence-corrected chi connectivity index (χ2v) is 3.41. The maximum absolute atomic E-state index is 11.1. The van der Waals surface area contributed by atoms with Crippen LogP contribution in [0.3, 0.4) is 0 Å². The Morgan fingerprint density at radius 3 is 2.41 bits per heavy atom. The lowest BCUT2D eigenvalue weighted by Crippen LogP contribution is -2.15. The van der Waals surface area contributed by atoms with Crippen LogP contribution in [0.1, 0.15) is 28.9 Å². The van der Waals surface area contributed by atoms with Crippen molar-refractivity contribution in [3.05, 3.63) is 35.4 Å². The molecule has 1 unspecified atom stereocenters. The lowest BCUT2D eigenvalue weighted by atomic mass is 10.1. The van der Waals surface area contributed by atoms with Crippen LogP contribution in [0.4, 0.5) is 0 Å². The molecule has 0 bridgehead atoms. The fraction of sp³-hybridized carbons (Fsp3) is 0.231. The van der Waals surface area contributed by atoms with Crippen molar-refractivity contribution in [2.75, 3.05) is 6.61 Å². The van der Waals surface area contributed by atoms with Crippen LogP contribution < -0.4 is 0 Å². The number of hydrogen-bond donors (Lipinski definition) is 1. The molecule has 1 N–H and O–H groups in total. The first-order chi connectivity index (χ1) is 8.06. The van der Waals surface area contributed by atoms with Crippen molar-refractivity contribution >= 4 is 11.8 Å². The predicted molar refractivity (Wildman–Crippen MR) is 61.6 cm³/mol. The van der Waals surface area contributed by atoms with E-state index in [4.69, 9.17) is 16.3 Å². The second kappa shape index (κ2) is 5.83. The molecule has 0 aliphatic heterocycles. The normalized spacial score (nSPS) is 11.5. The minimum Gasteiger partial charge on any atom is -0.479 e. The Hall–Kier alpha value is -2.12. The van der Waals surface area contributed by atoms with Gasteiger partial charge in [-0.1, -0.05) is 30.2 Å². The lowest BCUT2D eigenvalue weighted by molar-refractivity contribution is -0.149. The molecule has 0 saturated carbocycles. The van der Waals surface area contributed by atoms with Crippen LogP contribution in [0.15, 0.2) is 24.3 Å². The number of carboxylic acid groups (broad SMARTS) is 1. The van der Waals surface area contributed by atoms with E-state index in [1.165, 1.54) is 6.92 Å². The Kier molecular flexibility index (Phi) is 4.44. The first-order valence-corrected chi connectivity index (χ1v) is 4.95. The Bertz CT molecular complexity index is 453. The maximum Gasteiger partial charge on any atom is 0.337 e. The number of carboxylic acids is 1. The molecule has 0 aliphatic carbocycles. The van der Waals surface area contributed by atoms with E-state index < -0.39 is 12.1 Å². The fourth-order valence-corrected chi connectivity index (χ4v) is 1.33. The van der Waals surface area contributed by atoms with Gasteiger partial charge in [0.1, 0.15) is 6.61 Å². The van der Waals surface area contributed by atoms with Crippen molar-refractivity contribution in [1.29, 1.82) is 0 Å². The van der Waals surface area contributed by atoms with Gasteiger partial charge in [0.2, 0.25) is 0 Å². The van der Waals surface area contributed by atoms with Gasteiger partial charge in [0.25, 0.3) is 0 Å². The summed E-state index contributed by atoms with van der Waals surface area (Å²) >= 11 is 0. The molecular weight excluding hydrogens is 220 g/mol. The van der Waals surface area contributed by atoms with Crippen molar-refractivity contribution in [3.8, 4) is 12.3 Å². The molecular formula is C13H12O4. The summed E-state index contributed by atoms with van der Waals surface area (Å²) < 4.78 is 5.02. The molecule has 0 saturated heterocycles. The number of ketones is 1. The molecule has 0 radical (unpaired) electrons. The summed E-state index contributed by atoms with van der Waals surface area (Å²) in [5.41, 5.74) is 0.979. The summed E-state index contributed by atoms with van der Waals surface area (Å²) in [5, 5.41) is 8.97. The summed E-state index contributed by atoms with van der Waals surface area (Å²) in [5.74, 6) is 1.02. The van der Waals surface area contributed by atoms with Crippen LogP contribution >= 0.6 is 0 Å². The first-order valence-electron chi connectivity index (χ1n) is 4.95. The Balaban J connectivity index is 2.92. The van der Waals surface area contributed by atoms with Crippen molar-refractivity contribution < 1.29 is 19.4 Å². The minimum atomic E-state index is -1.11. The van der Waals surface area contributed by atoms with Gasteiger partial charge in [0.05, 0.1) is 0 Å². The third-order valence-corrected chi connectivity index (χ3v) is 2.18. The third-order valence-electron chi connectivity index (χ3n) is 2.18. The molecule has 88 valence electrons. The van der Waals surface area contributed by atoms with Crippen LogP contribution in [-0.2, 0) is 9.53 Å². The van der Waals surface area contributed by atoms with Crippen molar-refractivity contribution in [2.24, 2.45) is 0 Å². The highest BCUT2D eigenvalue weighted by atomic mass is 16.5. The zero-order valence-electron chi connectivity index (χ0n) is 9.34. The average molecular weight is 232 g/mol. The number of carbonyl (C=O) groups excluding carboxylic acids is 1. The number of ether oxygens (including phenoxy) is 1. The van der Waals surface area contributed by atoms with E-state index >= 15 is 0 Å². The van der Waals surface area contributed by atoms with Gasteiger partial charge >= 0.3 is 5.97 Å². The van der Waals surface area contributed by atoms with Gasteiger partial charge in [-0.05, 0) is 12.5 Å². The number of hydrogen-bond acceptors (Lipinski definition) is 3. The van der Waals surface area contributed by atoms with Gasteiger partial charge in [-0.25, -0.2) is 4.79 Å². The molecule has 0 spiro atoms. The van der Waals surface area contributed by atoms with Crippen LogP contribution in [-0.4, -0.2) is 23.5 Å². The quantitative estimate of drug-likeness (QED) is 0.619. The standard InChI is InChI=1S/C13H12O4/c1-3-8-17-12(13(15)16)11-6-4-10(5-7-11)9(2)14/h1,4-7,12H,8H2,2H3,(H,15,16). The van der Waals surface area contributed by atoms with Crippen molar-refractivity contribution in [2.45, 2.75) is 13.0 Å². The zero-order chi connectivity index (χ0) is 12.8. The van der Waals surface area contributed by atoms with Gasteiger partial charge < -0.3 is 9.84 Å². The summed E-state index contributed by atoms with van der Waals surface area (Å²) in [7, 11) is 0. The number of rotatable bonds is 5. The molecule has 4 heteroatoms. The molecule has 1 aromatic rings. The highest BCUT2D eigenvalue weighted by Crippen LogP contribution is 2.18. The van der Waals surface area contributed by atoms with Gasteiger partial charge in [0, 0.05) is 5.56 Å². The van der Waals surface area contributed by atoms with Gasteiger partial charge in [-0.3, -0.25) is 4.79 Å². The number of Topliss-reactive ketones (excluding diaryl/α,β-unsaturated/α-hetero) is 1. The van der Waals surface area contributed by atoms with E-state index in [0.29, 0.717) is 11.1 Å². The SMILES string of the molecule is C#CCOC(C(=O)O)c1ccc(C(C)=O)cc1. The molecule has 17 heavy (non-hydrogen) atoms. The van der Waals surface area contributed by atoms with Crippen LogP contribution in [0.25, 0.3) is 0 Å². The number of aliphatic carboxylic acids is 1. The largest absolute Gasteiger partial charge is 0.479 e. The lowest BCUT2D eigenvalue weighted by Gasteiger charge is -2.12. The maximum atomic E-state index is 11.1. The van der Waals surface area contributed by atoms with E-state index in [1.807, 2.05) is 0 Å². The molecule has 0 aromatic heterocycles. The van der Waals surface area contributed by atoms with Gasteiger partial charge in [0.15, 0.2) is 11.9 Å². The van der Waals surface area contributed by atoms with E-state index in [9.17, 15) is 9.59 Å². The highest BCUT2D eigenvalue weighted by molar-refractivity contribution is 5.94. The molecule has 4 nitrogen and oxygen atoms in total. The topological polar surface area (TPSA) is 63.6 Å². The van der Waals surface area contributed by atoms with Crippen molar-refractivity contribution in [3.63, 3.8) is 0 Å². The average Bonchev–Trinajstić information content (AvgIpc) is 2.29. The summed E-state index contributed by atoms with van der Waals surface area (Å²) in [6, 6.07) is 6.22. The number of carbonyl (C=O) groups is 2. The Labute approximate surface area is 99.2 Å². The summed E-state index contributed by atoms with van der Waals surface area (Å²) in [6.07, 6.45) is 3.90. The molecule has 0 amide bonds.